The van der Waals surface area contributed by atoms with Crippen molar-refractivity contribution in [3.63, 3.8) is 0 Å². The normalized spacial score (nSPS) is 32.9. The SMILES string of the molecule is CC1(C)C[C@@H](OC(=O)c2ccccc2)[C@@H]2ON21. The van der Waals surface area contributed by atoms with Crippen molar-refractivity contribution in [3.05, 3.63) is 35.9 Å². The highest BCUT2D eigenvalue weighted by atomic mass is 16.9. The summed E-state index contributed by atoms with van der Waals surface area (Å²) in [6, 6.07) is 9.05. The van der Waals surface area contributed by atoms with Crippen LogP contribution in [0.25, 0.3) is 0 Å². The quantitative estimate of drug-likeness (QED) is 0.578. The Balaban J connectivity index is 1.68. The molecule has 3 atom stereocenters. The lowest BCUT2D eigenvalue weighted by Gasteiger charge is -2.20. The van der Waals surface area contributed by atoms with Crippen LogP contribution in [0.5, 0.6) is 0 Å². The predicted octanol–water partition coefficient (Wildman–Crippen LogP) is 1.97. The summed E-state index contributed by atoms with van der Waals surface area (Å²) in [5, 5.41) is 1.90. The van der Waals surface area contributed by atoms with Crippen molar-refractivity contribution >= 4 is 5.97 Å². The lowest BCUT2D eigenvalue weighted by atomic mass is 10.0. The van der Waals surface area contributed by atoms with E-state index in [4.69, 9.17) is 9.57 Å². The van der Waals surface area contributed by atoms with E-state index >= 15 is 0 Å². The number of nitrogens with zero attached hydrogens (tertiary/aromatic N) is 1. The van der Waals surface area contributed by atoms with Crippen LogP contribution in [0.4, 0.5) is 0 Å². The molecule has 90 valence electrons. The second-order valence-corrected chi connectivity index (χ2v) is 5.15. The average Bonchev–Trinajstić information content (AvgIpc) is 3.05. The van der Waals surface area contributed by atoms with E-state index in [1.54, 1.807) is 12.1 Å². The molecule has 2 aliphatic heterocycles. The second-order valence-electron chi connectivity index (χ2n) is 5.15. The molecule has 2 saturated heterocycles. The van der Waals surface area contributed by atoms with E-state index in [1.807, 2.05) is 23.3 Å². The zero-order chi connectivity index (χ0) is 12.0. The van der Waals surface area contributed by atoms with Crippen LogP contribution in [-0.2, 0) is 9.57 Å². The van der Waals surface area contributed by atoms with Gasteiger partial charge in [0.05, 0.1) is 5.56 Å². The van der Waals surface area contributed by atoms with Crippen LogP contribution >= 0.6 is 0 Å². The zero-order valence-electron chi connectivity index (χ0n) is 9.92. The van der Waals surface area contributed by atoms with Crippen LogP contribution in [-0.4, -0.2) is 28.9 Å². The van der Waals surface area contributed by atoms with E-state index in [1.165, 1.54) is 0 Å². The highest BCUT2D eigenvalue weighted by molar-refractivity contribution is 5.89. The van der Waals surface area contributed by atoms with E-state index in [0.29, 0.717) is 5.56 Å². The van der Waals surface area contributed by atoms with Crippen LogP contribution < -0.4 is 0 Å². The first kappa shape index (κ1) is 10.7. The van der Waals surface area contributed by atoms with Crippen molar-refractivity contribution in [1.29, 1.82) is 0 Å². The minimum Gasteiger partial charge on any atom is -0.454 e. The Kier molecular flexibility index (Phi) is 2.24. The Labute approximate surface area is 100 Å². The van der Waals surface area contributed by atoms with Gasteiger partial charge < -0.3 is 4.74 Å². The maximum Gasteiger partial charge on any atom is 0.338 e. The van der Waals surface area contributed by atoms with Gasteiger partial charge in [-0.3, -0.25) is 4.84 Å². The molecule has 2 heterocycles. The predicted molar refractivity (Wildman–Crippen MR) is 61.1 cm³/mol. The Morgan fingerprint density at radius 3 is 2.65 bits per heavy atom. The minimum absolute atomic E-state index is 0.0354. The molecule has 0 aliphatic carbocycles. The molecule has 0 bridgehead atoms. The number of carbonyl (C=O) groups is 1. The van der Waals surface area contributed by atoms with Crippen LogP contribution in [0.2, 0.25) is 0 Å². The molecule has 1 aromatic rings. The molecule has 2 fully saturated rings. The summed E-state index contributed by atoms with van der Waals surface area (Å²) in [6.07, 6.45) is 0.617. The number of hydrogen-bond acceptors (Lipinski definition) is 4. The lowest BCUT2D eigenvalue weighted by molar-refractivity contribution is 0.00164. The molecule has 4 heteroatoms. The highest BCUT2D eigenvalue weighted by Crippen LogP contribution is 2.46. The van der Waals surface area contributed by atoms with Crippen LogP contribution in [0.15, 0.2) is 30.3 Å². The summed E-state index contributed by atoms with van der Waals surface area (Å²) in [4.78, 5) is 17.3. The first-order valence-electron chi connectivity index (χ1n) is 5.80. The summed E-state index contributed by atoms with van der Waals surface area (Å²) >= 11 is 0. The van der Waals surface area contributed by atoms with Gasteiger partial charge in [0.25, 0.3) is 0 Å². The number of carbonyl (C=O) groups excluding carboxylic acids is 1. The first-order chi connectivity index (χ1) is 8.08. The van der Waals surface area contributed by atoms with E-state index in [0.717, 1.165) is 6.42 Å². The number of hydroxylamine groups is 2. The molecule has 0 aromatic heterocycles. The number of hydrogen-bond donors (Lipinski definition) is 0. The summed E-state index contributed by atoms with van der Waals surface area (Å²) < 4.78 is 5.48. The lowest BCUT2D eigenvalue weighted by Crippen LogP contribution is -2.28. The van der Waals surface area contributed by atoms with E-state index in [2.05, 4.69) is 13.8 Å². The van der Waals surface area contributed by atoms with E-state index < -0.39 is 0 Å². The molecule has 4 nitrogen and oxygen atoms in total. The third kappa shape index (κ3) is 1.83. The molecule has 2 aliphatic rings. The molecule has 3 rings (SSSR count). The maximum atomic E-state index is 11.9. The minimum atomic E-state index is -0.274. The Hall–Kier alpha value is -1.39. The van der Waals surface area contributed by atoms with Gasteiger partial charge in [0.1, 0.15) is 6.10 Å². The van der Waals surface area contributed by atoms with Crippen molar-refractivity contribution in [2.24, 2.45) is 0 Å². The Bertz CT molecular complexity index is 443. The molecule has 1 unspecified atom stereocenters. The average molecular weight is 233 g/mol. The number of fused-ring (bicyclic) bond motifs is 1. The molecule has 0 N–H and O–H groups in total. The van der Waals surface area contributed by atoms with Gasteiger partial charge in [-0.05, 0) is 26.0 Å². The number of ether oxygens (including phenoxy) is 1. The van der Waals surface area contributed by atoms with Crippen molar-refractivity contribution in [2.45, 2.75) is 38.1 Å². The Morgan fingerprint density at radius 1 is 1.41 bits per heavy atom. The largest absolute Gasteiger partial charge is 0.454 e. The molecule has 17 heavy (non-hydrogen) atoms. The molecule has 0 amide bonds. The standard InChI is InChI=1S/C13H15NO3/c1-13(2)8-10(11-14(13)17-11)16-12(15)9-6-4-3-5-7-9/h3-7,10-11H,8H2,1-2H3/t10-,11+,14?/m1/s1. The molecule has 0 saturated carbocycles. The first-order valence-corrected chi connectivity index (χ1v) is 5.80. The third-order valence-corrected chi connectivity index (χ3v) is 3.29. The van der Waals surface area contributed by atoms with Gasteiger partial charge in [-0.2, -0.15) is 0 Å². The highest BCUT2D eigenvalue weighted by Gasteiger charge is 2.61. The van der Waals surface area contributed by atoms with Crippen molar-refractivity contribution in [1.82, 2.24) is 5.06 Å². The second kappa shape index (κ2) is 3.55. The summed E-state index contributed by atoms with van der Waals surface area (Å²) in [7, 11) is 0. The van der Waals surface area contributed by atoms with Crippen molar-refractivity contribution < 1.29 is 14.4 Å². The van der Waals surface area contributed by atoms with Crippen LogP contribution in [0.3, 0.4) is 0 Å². The summed E-state index contributed by atoms with van der Waals surface area (Å²) in [6.45, 7) is 4.17. The maximum absolute atomic E-state index is 11.9. The fourth-order valence-electron chi connectivity index (χ4n) is 2.36. The van der Waals surface area contributed by atoms with E-state index in [-0.39, 0.29) is 23.8 Å². The molecular formula is C13H15NO3. The van der Waals surface area contributed by atoms with Gasteiger partial charge in [0.2, 0.25) is 0 Å². The van der Waals surface area contributed by atoms with Gasteiger partial charge in [-0.1, -0.05) is 18.2 Å². The molecule has 0 radical (unpaired) electrons. The van der Waals surface area contributed by atoms with Gasteiger partial charge in [-0.15, -0.1) is 5.06 Å². The molecule has 1 aromatic carbocycles. The van der Waals surface area contributed by atoms with Crippen molar-refractivity contribution in [3.8, 4) is 0 Å². The van der Waals surface area contributed by atoms with Crippen molar-refractivity contribution in [2.75, 3.05) is 0 Å². The number of rotatable bonds is 2. The Morgan fingerprint density at radius 2 is 2.12 bits per heavy atom. The summed E-state index contributed by atoms with van der Waals surface area (Å²) in [5.41, 5.74) is 0.552. The van der Waals surface area contributed by atoms with Crippen LogP contribution in [0, 0.1) is 0 Å². The molecular weight excluding hydrogens is 218 g/mol. The topological polar surface area (TPSA) is 41.8 Å². The monoisotopic (exact) mass is 233 g/mol. The number of esters is 1. The van der Waals surface area contributed by atoms with Gasteiger partial charge in [0.15, 0.2) is 6.23 Å². The fraction of sp³-hybridized carbons (Fsp3) is 0.462. The fourth-order valence-corrected chi connectivity index (χ4v) is 2.36. The van der Waals surface area contributed by atoms with Gasteiger partial charge in [0, 0.05) is 12.0 Å². The molecule has 0 spiro atoms. The summed E-state index contributed by atoms with van der Waals surface area (Å²) in [5.74, 6) is -0.274. The van der Waals surface area contributed by atoms with Crippen LogP contribution in [0.1, 0.15) is 30.6 Å². The number of benzene rings is 1. The van der Waals surface area contributed by atoms with Gasteiger partial charge >= 0.3 is 5.97 Å². The smallest absolute Gasteiger partial charge is 0.338 e. The van der Waals surface area contributed by atoms with Gasteiger partial charge in [-0.25, -0.2) is 4.79 Å². The zero-order valence-corrected chi connectivity index (χ0v) is 9.92. The van der Waals surface area contributed by atoms with E-state index in [9.17, 15) is 4.79 Å². The third-order valence-electron chi connectivity index (χ3n) is 3.29.